The summed E-state index contributed by atoms with van der Waals surface area (Å²) in [7, 11) is 1.61. The first-order valence-corrected chi connectivity index (χ1v) is 5.52. The average molecular weight is 237 g/mol. The lowest BCUT2D eigenvalue weighted by Gasteiger charge is -2.25. The minimum Gasteiger partial charge on any atom is -0.480 e. The fourth-order valence-electron chi connectivity index (χ4n) is 1.41. The maximum absolute atomic E-state index is 11.2. The molecule has 2 N–H and O–H groups in total. The molecule has 0 bridgehead atoms. The number of aliphatic carboxylic acids is 1. The van der Waals surface area contributed by atoms with Crippen LogP contribution in [0, 0.1) is 0 Å². The van der Waals surface area contributed by atoms with Crippen molar-refractivity contribution < 1.29 is 14.6 Å². The van der Waals surface area contributed by atoms with Crippen LogP contribution in [0.1, 0.15) is 25.5 Å². The Bertz CT molecular complexity index is 362. The van der Waals surface area contributed by atoms with Gasteiger partial charge < -0.3 is 9.84 Å². The fourth-order valence-corrected chi connectivity index (χ4v) is 1.41. The molecule has 0 aliphatic carbocycles. The number of carboxylic acid groups (broad SMARTS) is 1. The van der Waals surface area contributed by atoms with Gasteiger partial charge in [0.25, 0.3) is 0 Å². The predicted molar refractivity (Wildman–Crippen MR) is 65.9 cm³/mol. The molecule has 0 radical (unpaired) electrons. The molecule has 0 aliphatic rings. The monoisotopic (exact) mass is 237 g/mol. The van der Waals surface area contributed by atoms with Crippen LogP contribution in [0.25, 0.3) is 0 Å². The Kier molecular flexibility index (Phi) is 4.66. The third-order valence-corrected chi connectivity index (χ3v) is 2.66. The molecule has 1 rings (SSSR count). The van der Waals surface area contributed by atoms with Gasteiger partial charge >= 0.3 is 5.97 Å². The average Bonchev–Trinajstić information content (AvgIpc) is 2.30. The van der Waals surface area contributed by atoms with E-state index in [1.807, 2.05) is 32.0 Å². The minimum atomic E-state index is -0.886. The summed E-state index contributed by atoms with van der Waals surface area (Å²) in [4.78, 5) is 11.2. The molecule has 0 spiro atoms. The summed E-state index contributed by atoms with van der Waals surface area (Å²) in [6.45, 7) is 4.28. The maximum atomic E-state index is 11.2. The molecule has 1 aromatic carbocycles. The normalized spacial score (nSPS) is 13.4. The highest BCUT2D eigenvalue weighted by atomic mass is 16.5. The number of rotatable bonds is 6. The van der Waals surface area contributed by atoms with E-state index in [9.17, 15) is 9.90 Å². The van der Waals surface area contributed by atoms with E-state index >= 15 is 0 Å². The van der Waals surface area contributed by atoms with Crippen molar-refractivity contribution in [3.63, 3.8) is 0 Å². The summed E-state index contributed by atoms with van der Waals surface area (Å²) in [5.41, 5.74) is 0.356. The number of methoxy groups -OCH3 is 1. The summed E-state index contributed by atoms with van der Waals surface area (Å²) in [6, 6.07) is 8.41. The van der Waals surface area contributed by atoms with E-state index in [4.69, 9.17) is 4.74 Å². The smallest absolute Gasteiger partial charge is 0.325 e. The summed E-state index contributed by atoms with van der Waals surface area (Å²) in [6.07, 6.45) is 0. The van der Waals surface area contributed by atoms with Crippen LogP contribution < -0.4 is 5.32 Å². The maximum Gasteiger partial charge on any atom is 0.325 e. The number of carbonyl (C=O) groups is 1. The second-order valence-electron chi connectivity index (χ2n) is 4.53. The highest BCUT2D eigenvalue weighted by molar-refractivity contribution is 5.75. The molecular weight excluding hydrogens is 218 g/mol. The Morgan fingerprint density at radius 2 is 2.00 bits per heavy atom. The van der Waals surface area contributed by atoms with Gasteiger partial charge in [0, 0.05) is 13.7 Å². The van der Waals surface area contributed by atoms with Gasteiger partial charge in [-0.1, -0.05) is 30.3 Å². The van der Waals surface area contributed by atoms with Gasteiger partial charge in [0.1, 0.15) is 6.04 Å². The molecule has 0 fully saturated rings. The number of benzene rings is 1. The molecular formula is C13H19NO3. The van der Waals surface area contributed by atoms with Gasteiger partial charge in [-0.05, 0) is 19.4 Å². The van der Waals surface area contributed by atoms with Crippen molar-refractivity contribution >= 4 is 5.97 Å². The van der Waals surface area contributed by atoms with E-state index < -0.39 is 12.0 Å². The number of carboxylic acids is 1. The quantitative estimate of drug-likeness (QED) is 0.792. The van der Waals surface area contributed by atoms with Gasteiger partial charge in [-0.25, -0.2) is 0 Å². The molecule has 0 aromatic heterocycles. The molecule has 17 heavy (non-hydrogen) atoms. The summed E-state index contributed by atoms with van der Waals surface area (Å²) in [5, 5.41) is 12.2. The predicted octanol–water partition coefficient (Wildman–Crippen LogP) is 1.83. The Balaban J connectivity index is 2.72. The van der Waals surface area contributed by atoms with Crippen molar-refractivity contribution in [2.24, 2.45) is 0 Å². The van der Waals surface area contributed by atoms with Gasteiger partial charge in [-0.15, -0.1) is 0 Å². The molecule has 1 unspecified atom stereocenters. The van der Waals surface area contributed by atoms with E-state index in [1.165, 1.54) is 0 Å². The standard InChI is InChI=1S/C13H19NO3/c1-13(2,17-3)9-14-11(12(15)16)10-7-5-4-6-8-10/h4-8,11,14H,9H2,1-3H3,(H,15,16). The van der Waals surface area contributed by atoms with E-state index in [0.29, 0.717) is 6.54 Å². The van der Waals surface area contributed by atoms with Crippen LogP contribution in [0.15, 0.2) is 30.3 Å². The van der Waals surface area contributed by atoms with E-state index in [-0.39, 0.29) is 5.60 Å². The molecule has 4 heteroatoms. The summed E-state index contributed by atoms with van der Waals surface area (Å²) < 4.78 is 5.25. The van der Waals surface area contributed by atoms with Crippen molar-refractivity contribution in [3.05, 3.63) is 35.9 Å². The summed E-state index contributed by atoms with van der Waals surface area (Å²) >= 11 is 0. The van der Waals surface area contributed by atoms with Crippen molar-refractivity contribution in [1.82, 2.24) is 5.32 Å². The first kappa shape index (κ1) is 13.7. The molecule has 0 aliphatic heterocycles. The zero-order valence-corrected chi connectivity index (χ0v) is 10.4. The third-order valence-electron chi connectivity index (χ3n) is 2.66. The molecule has 94 valence electrons. The van der Waals surface area contributed by atoms with Crippen LogP contribution in [0.3, 0.4) is 0 Å². The highest BCUT2D eigenvalue weighted by Gasteiger charge is 2.23. The van der Waals surface area contributed by atoms with Crippen molar-refractivity contribution in [2.75, 3.05) is 13.7 Å². The largest absolute Gasteiger partial charge is 0.480 e. The lowest BCUT2D eigenvalue weighted by atomic mass is 10.0. The van der Waals surface area contributed by atoms with Gasteiger partial charge in [0.15, 0.2) is 0 Å². The van der Waals surface area contributed by atoms with Gasteiger partial charge in [-0.3, -0.25) is 10.1 Å². The van der Waals surface area contributed by atoms with Crippen molar-refractivity contribution in [1.29, 1.82) is 0 Å². The SMILES string of the molecule is COC(C)(C)CNC(C(=O)O)c1ccccc1. The lowest BCUT2D eigenvalue weighted by Crippen LogP contribution is -2.40. The van der Waals surface area contributed by atoms with Crippen LogP contribution in [0.5, 0.6) is 0 Å². The molecule has 0 saturated heterocycles. The molecule has 0 saturated carbocycles. The van der Waals surface area contributed by atoms with Crippen LogP contribution in [0.4, 0.5) is 0 Å². The van der Waals surface area contributed by atoms with Gasteiger partial charge in [0.05, 0.1) is 5.60 Å². The van der Waals surface area contributed by atoms with Gasteiger partial charge in [0.2, 0.25) is 0 Å². The first-order valence-electron chi connectivity index (χ1n) is 5.52. The second-order valence-corrected chi connectivity index (χ2v) is 4.53. The Morgan fingerprint density at radius 1 is 1.41 bits per heavy atom. The van der Waals surface area contributed by atoms with Crippen molar-refractivity contribution in [3.8, 4) is 0 Å². The first-order chi connectivity index (χ1) is 7.96. The molecule has 1 atom stereocenters. The number of ether oxygens (including phenoxy) is 1. The van der Waals surface area contributed by atoms with E-state index in [1.54, 1.807) is 19.2 Å². The number of hydrogen-bond acceptors (Lipinski definition) is 3. The molecule has 1 aromatic rings. The zero-order chi connectivity index (χ0) is 12.9. The Hall–Kier alpha value is -1.39. The van der Waals surface area contributed by atoms with Crippen LogP contribution >= 0.6 is 0 Å². The van der Waals surface area contributed by atoms with E-state index in [0.717, 1.165) is 5.56 Å². The topological polar surface area (TPSA) is 58.6 Å². The molecule has 0 amide bonds. The third kappa shape index (κ3) is 4.17. The Labute approximate surface area is 102 Å². The van der Waals surface area contributed by atoms with Gasteiger partial charge in [-0.2, -0.15) is 0 Å². The number of hydrogen-bond donors (Lipinski definition) is 2. The van der Waals surface area contributed by atoms with Crippen LogP contribution in [-0.2, 0) is 9.53 Å². The minimum absolute atomic E-state index is 0.386. The summed E-state index contributed by atoms with van der Waals surface area (Å²) in [5.74, 6) is -0.886. The second kappa shape index (κ2) is 5.80. The van der Waals surface area contributed by atoms with Crippen molar-refractivity contribution in [2.45, 2.75) is 25.5 Å². The molecule has 0 heterocycles. The van der Waals surface area contributed by atoms with Crippen LogP contribution in [0.2, 0.25) is 0 Å². The van der Waals surface area contributed by atoms with Crippen LogP contribution in [-0.4, -0.2) is 30.3 Å². The lowest BCUT2D eigenvalue weighted by molar-refractivity contribution is -0.140. The highest BCUT2D eigenvalue weighted by Crippen LogP contribution is 2.14. The zero-order valence-electron chi connectivity index (χ0n) is 10.4. The fraction of sp³-hybridized carbons (Fsp3) is 0.462. The molecule has 4 nitrogen and oxygen atoms in total. The Morgan fingerprint density at radius 3 is 2.47 bits per heavy atom. The number of nitrogens with one attached hydrogen (secondary N) is 1. The van der Waals surface area contributed by atoms with E-state index in [2.05, 4.69) is 5.32 Å².